The molecule has 0 spiro atoms. The lowest BCUT2D eigenvalue weighted by Crippen LogP contribution is -1.96. The van der Waals surface area contributed by atoms with Crippen molar-refractivity contribution in [2.75, 3.05) is 7.11 Å². The molecule has 0 fully saturated rings. The van der Waals surface area contributed by atoms with Crippen molar-refractivity contribution in [3.63, 3.8) is 0 Å². The van der Waals surface area contributed by atoms with Gasteiger partial charge in [0.05, 0.1) is 23.6 Å². The van der Waals surface area contributed by atoms with Crippen LogP contribution in [-0.4, -0.2) is 28.2 Å². The number of hydrogen-bond acceptors (Lipinski definition) is 6. The molecule has 6 heteroatoms. The Morgan fingerprint density at radius 3 is 2.43 bits per heavy atom. The van der Waals surface area contributed by atoms with Crippen LogP contribution in [0.3, 0.4) is 0 Å². The molecule has 1 aromatic heterocycles. The summed E-state index contributed by atoms with van der Waals surface area (Å²) in [6, 6.07) is 5.61. The van der Waals surface area contributed by atoms with Crippen LogP contribution in [0.25, 0.3) is 22.3 Å². The van der Waals surface area contributed by atoms with E-state index in [9.17, 15) is 20.1 Å². The minimum Gasteiger partial charge on any atom is -0.508 e. The van der Waals surface area contributed by atoms with Gasteiger partial charge in [0, 0.05) is 17.7 Å². The van der Waals surface area contributed by atoms with Crippen molar-refractivity contribution in [3.05, 3.63) is 47.0 Å². The highest BCUT2D eigenvalue weighted by atomic mass is 16.5. The molecule has 1 heterocycles. The molecule has 0 bridgehead atoms. The van der Waals surface area contributed by atoms with Crippen LogP contribution in [0.1, 0.15) is 36.7 Å². The number of carbonyl (C=O) groups is 1. The van der Waals surface area contributed by atoms with Gasteiger partial charge in [0.15, 0.2) is 5.78 Å². The van der Waals surface area contributed by atoms with E-state index in [-0.39, 0.29) is 50.9 Å². The number of fused-ring (bicyclic) bond motifs is 1. The summed E-state index contributed by atoms with van der Waals surface area (Å²) in [5.41, 5.74) is 2.29. The van der Waals surface area contributed by atoms with E-state index in [2.05, 4.69) is 0 Å². The van der Waals surface area contributed by atoms with Gasteiger partial charge >= 0.3 is 0 Å². The van der Waals surface area contributed by atoms with E-state index in [1.165, 1.54) is 26.2 Å². The molecule has 0 atom stereocenters. The second-order valence-electron chi connectivity index (χ2n) is 6.83. The van der Waals surface area contributed by atoms with E-state index in [1.54, 1.807) is 6.07 Å². The van der Waals surface area contributed by atoms with E-state index in [0.29, 0.717) is 17.7 Å². The van der Waals surface area contributed by atoms with Gasteiger partial charge < -0.3 is 24.5 Å². The first kappa shape index (κ1) is 19.4. The summed E-state index contributed by atoms with van der Waals surface area (Å²) in [6.07, 6.45) is 2.37. The highest BCUT2D eigenvalue weighted by molar-refractivity contribution is 6.14. The standard InChI is InChI=1S/C22H22O6/c1-11(2)5-7-15-17(27-4)10-18-20(21(15)26)19(12(3)23)22(28-18)14-8-6-13(24)9-16(14)25/h5-6,8-10,24-26H,7H2,1-4H3. The maximum absolute atomic E-state index is 12.4. The van der Waals surface area contributed by atoms with Crippen LogP contribution >= 0.6 is 0 Å². The first-order valence-corrected chi connectivity index (χ1v) is 8.76. The van der Waals surface area contributed by atoms with Gasteiger partial charge in [0.2, 0.25) is 0 Å². The number of ketones is 1. The van der Waals surface area contributed by atoms with Crippen molar-refractivity contribution in [3.8, 4) is 34.3 Å². The lowest BCUT2D eigenvalue weighted by atomic mass is 9.98. The Morgan fingerprint density at radius 1 is 1.14 bits per heavy atom. The first-order valence-electron chi connectivity index (χ1n) is 8.76. The fourth-order valence-electron chi connectivity index (χ4n) is 3.18. The van der Waals surface area contributed by atoms with Gasteiger partial charge in [0.1, 0.15) is 34.3 Å². The molecule has 0 aliphatic carbocycles. The smallest absolute Gasteiger partial charge is 0.164 e. The van der Waals surface area contributed by atoms with Crippen LogP contribution in [0.5, 0.6) is 23.0 Å². The maximum Gasteiger partial charge on any atom is 0.164 e. The van der Waals surface area contributed by atoms with Crippen molar-refractivity contribution >= 4 is 16.8 Å². The molecular weight excluding hydrogens is 360 g/mol. The molecule has 28 heavy (non-hydrogen) atoms. The topological polar surface area (TPSA) is 100 Å². The van der Waals surface area contributed by atoms with Crippen LogP contribution in [-0.2, 0) is 6.42 Å². The molecule has 0 aliphatic rings. The number of carbonyl (C=O) groups excluding carboxylic acids is 1. The molecule has 0 aliphatic heterocycles. The number of methoxy groups -OCH3 is 1. The number of Topliss-reactive ketones (excluding diaryl/α,β-unsaturated/α-hetero) is 1. The number of ether oxygens (including phenoxy) is 1. The molecular formula is C22H22O6. The fourth-order valence-corrected chi connectivity index (χ4v) is 3.18. The van der Waals surface area contributed by atoms with E-state index in [0.717, 1.165) is 11.6 Å². The zero-order valence-electron chi connectivity index (χ0n) is 16.2. The largest absolute Gasteiger partial charge is 0.508 e. The van der Waals surface area contributed by atoms with E-state index < -0.39 is 0 Å². The highest BCUT2D eigenvalue weighted by Crippen LogP contribution is 2.45. The number of benzene rings is 2. The summed E-state index contributed by atoms with van der Waals surface area (Å²) in [6.45, 7) is 5.27. The van der Waals surface area contributed by atoms with E-state index >= 15 is 0 Å². The third-order valence-corrected chi connectivity index (χ3v) is 4.53. The summed E-state index contributed by atoms with van der Waals surface area (Å²) >= 11 is 0. The van der Waals surface area contributed by atoms with Crippen molar-refractivity contribution in [2.24, 2.45) is 0 Å². The van der Waals surface area contributed by atoms with Crippen molar-refractivity contribution < 1.29 is 29.3 Å². The molecule has 0 amide bonds. The minimum absolute atomic E-state index is 0.0923. The summed E-state index contributed by atoms with van der Waals surface area (Å²) < 4.78 is 11.3. The van der Waals surface area contributed by atoms with Gasteiger partial charge in [0.25, 0.3) is 0 Å². The number of hydrogen-bond donors (Lipinski definition) is 3. The van der Waals surface area contributed by atoms with Gasteiger partial charge in [-0.05, 0) is 39.3 Å². The third-order valence-electron chi connectivity index (χ3n) is 4.53. The zero-order valence-corrected chi connectivity index (χ0v) is 16.2. The Morgan fingerprint density at radius 2 is 1.86 bits per heavy atom. The molecule has 0 radical (unpaired) electrons. The molecule has 3 N–H and O–H groups in total. The van der Waals surface area contributed by atoms with Gasteiger partial charge in [-0.15, -0.1) is 0 Å². The summed E-state index contributed by atoms with van der Waals surface area (Å²) in [7, 11) is 1.49. The lowest BCUT2D eigenvalue weighted by molar-refractivity contribution is 0.101. The second-order valence-corrected chi connectivity index (χ2v) is 6.83. The molecule has 2 aromatic carbocycles. The monoisotopic (exact) mass is 382 g/mol. The quantitative estimate of drug-likeness (QED) is 0.427. The van der Waals surface area contributed by atoms with Crippen LogP contribution < -0.4 is 4.74 Å². The number of furan rings is 1. The summed E-state index contributed by atoms with van der Waals surface area (Å²) in [5.74, 6) is -0.210. The van der Waals surface area contributed by atoms with Gasteiger partial charge in [-0.25, -0.2) is 0 Å². The molecule has 146 valence electrons. The predicted octanol–water partition coefficient (Wildman–Crippen LogP) is 4.94. The normalized spacial score (nSPS) is 10.9. The van der Waals surface area contributed by atoms with Crippen LogP contribution in [0.2, 0.25) is 0 Å². The predicted molar refractivity (Wildman–Crippen MR) is 106 cm³/mol. The Kier molecular flexibility index (Phi) is 5.05. The first-order chi connectivity index (χ1) is 13.2. The van der Waals surface area contributed by atoms with Crippen molar-refractivity contribution in [1.82, 2.24) is 0 Å². The molecule has 6 nitrogen and oxygen atoms in total. The van der Waals surface area contributed by atoms with Crippen molar-refractivity contribution in [2.45, 2.75) is 27.2 Å². The Balaban J connectivity index is 2.37. The van der Waals surface area contributed by atoms with E-state index in [1.807, 2.05) is 19.9 Å². The average Bonchev–Trinajstić information content (AvgIpc) is 3.00. The van der Waals surface area contributed by atoms with Gasteiger partial charge in [-0.2, -0.15) is 0 Å². The second kappa shape index (κ2) is 7.31. The summed E-state index contributed by atoms with van der Waals surface area (Å²) in [4.78, 5) is 12.4. The highest BCUT2D eigenvalue weighted by Gasteiger charge is 2.27. The minimum atomic E-state index is -0.324. The molecule has 3 aromatic rings. The van der Waals surface area contributed by atoms with Crippen LogP contribution in [0.4, 0.5) is 0 Å². The van der Waals surface area contributed by atoms with Crippen molar-refractivity contribution in [1.29, 1.82) is 0 Å². The average molecular weight is 382 g/mol. The van der Waals surface area contributed by atoms with E-state index in [4.69, 9.17) is 9.15 Å². The molecule has 3 rings (SSSR count). The SMILES string of the molecule is COc1cc2oc(-c3ccc(O)cc3O)c(C(C)=O)c2c(O)c1CC=C(C)C. The van der Waals surface area contributed by atoms with Gasteiger partial charge in [-0.1, -0.05) is 11.6 Å². The molecule has 0 saturated carbocycles. The third kappa shape index (κ3) is 3.29. The molecule has 0 saturated heterocycles. The lowest BCUT2D eigenvalue weighted by Gasteiger charge is -2.10. The van der Waals surface area contributed by atoms with Gasteiger partial charge in [-0.3, -0.25) is 4.79 Å². The maximum atomic E-state index is 12.4. The Hall–Kier alpha value is -3.41. The number of aromatic hydroxyl groups is 3. The van der Waals surface area contributed by atoms with Crippen LogP contribution in [0.15, 0.2) is 40.3 Å². The fraction of sp³-hybridized carbons (Fsp3) is 0.227. The van der Waals surface area contributed by atoms with Crippen LogP contribution in [0, 0.1) is 0 Å². The Bertz CT molecular complexity index is 1100. The Labute approximate surface area is 162 Å². The number of phenols is 3. The number of allylic oxidation sites excluding steroid dienone is 2. The zero-order chi connectivity index (χ0) is 20.6. The molecule has 0 unspecified atom stereocenters. The summed E-state index contributed by atoms with van der Waals surface area (Å²) in [5, 5.41) is 31.0. The number of phenolic OH excluding ortho intramolecular Hbond substituents is 3. The number of rotatable bonds is 5.